The van der Waals surface area contributed by atoms with Crippen LogP contribution in [0.5, 0.6) is 0 Å². The normalized spacial score (nSPS) is 12.8. The molecule has 0 aromatic heterocycles. The summed E-state index contributed by atoms with van der Waals surface area (Å²) in [6, 6.07) is 14.9. The van der Waals surface area contributed by atoms with Gasteiger partial charge in [0.05, 0.1) is 0 Å². The van der Waals surface area contributed by atoms with Gasteiger partial charge in [0, 0.05) is 13.1 Å². The summed E-state index contributed by atoms with van der Waals surface area (Å²) in [5.74, 6) is -0.0470. The standard InChI is InChI=1S/C31H46N4O4/c1-29(2,3)25-16-14-21(15-17-25)22-12-13-23(20-35(10)11)24(18-22)19-32-26(33-27(36)38-30(4,5)6)34-28(37)39-31(7,8)9/h12-18H,19-20H2,1-11H3,(H2,32,33,34,36,37). The first-order valence-electron chi connectivity index (χ1n) is 13.3. The predicted molar refractivity (Wildman–Crippen MR) is 158 cm³/mol. The van der Waals surface area contributed by atoms with E-state index >= 15 is 0 Å². The molecule has 0 saturated carbocycles. The summed E-state index contributed by atoms with van der Waals surface area (Å²) in [5.41, 5.74) is 4.20. The van der Waals surface area contributed by atoms with Crippen molar-refractivity contribution in [3.05, 3.63) is 59.2 Å². The van der Waals surface area contributed by atoms with Gasteiger partial charge in [-0.25, -0.2) is 9.59 Å². The zero-order chi connectivity index (χ0) is 29.6. The van der Waals surface area contributed by atoms with Gasteiger partial charge in [0.25, 0.3) is 0 Å². The smallest absolute Gasteiger partial charge is 0.437 e. The largest absolute Gasteiger partial charge is 0.444 e. The molecule has 0 aliphatic rings. The van der Waals surface area contributed by atoms with Crippen molar-refractivity contribution in [3.63, 3.8) is 0 Å². The molecule has 2 aromatic carbocycles. The molecule has 8 nitrogen and oxygen atoms in total. The van der Waals surface area contributed by atoms with Crippen LogP contribution in [0.1, 0.15) is 79.0 Å². The van der Waals surface area contributed by atoms with Crippen LogP contribution >= 0.6 is 0 Å². The Morgan fingerprint density at radius 1 is 0.795 bits per heavy atom. The molecule has 0 aliphatic heterocycles. The van der Waals surface area contributed by atoms with E-state index in [1.54, 1.807) is 41.5 Å². The van der Waals surface area contributed by atoms with Crippen LogP contribution in [0, 0.1) is 0 Å². The number of rotatable bonds is 5. The lowest BCUT2D eigenvalue weighted by atomic mass is 9.86. The molecule has 0 saturated heterocycles. The maximum Gasteiger partial charge on any atom is 0.437 e. The van der Waals surface area contributed by atoms with E-state index in [-0.39, 0.29) is 11.4 Å². The highest BCUT2D eigenvalue weighted by atomic mass is 16.6. The lowest BCUT2D eigenvalue weighted by molar-refractivity contribution is 0.0560. The SMILES string of the molecule is CN(C)Cc1ccc(-c2ccc(C(C)(C)C)cc2)cc1CN/C(=N/C(=O)OC(C)(C)C)NC(=O)OC(C)(C)C. The Morgan fingerprint density at radius 3 is 1.87 bits per heavy atom. The minimum absolute atomic E-state index is 0.0470. The average Bonchev–Trinajstić information content (AvgIpc) is 2.74. The molecule has 8 heteroatoms. The first kappa shape index (κ1) is 31.8. The van der Waals surface area contributed by atoms with Crippen LogP contribution in [-0.2, 0) is 28.0 Å². The Morgan fingerprint density at radius 2 is 1.36 bits per heavy atom. The van der Waals surface area contributed by atoms with Crippen molar-refractivity contribution in [2.45, 2.75) is 92.0 Å². The van der Waals surface area contributed by atoms with Crippen molar-refractivity contribution in [1.82, 2.24) is 15.5 Å². The van der Waals surface area contributed by atoms with Gasteiger partial charge < -0.3 is 19.7 Å². The maximum absolute atomic E-state index is 12.5. The second-order valence-electron chi connectivity index (χ2n) is 13.0. The van der Waals surface area contributed by atoms with Crippen LogP contribution < -0.4 is 10.6 Å². The van der Waals surface area contributed by atoms with Crippen molar-refractivity contribution in [2.24, 2.45) is 4.99 Å². The molecule has 2 aromatic rings. The van der Waals surface area contributed by atoms with E-state index in [1.807, 2.05) is 14.1 Å². The number of guanidine groups is 1. The summed E-state index contributed by atoms with van der Waals surface area (Å²) in [6.07, 6.45) is -1.54. The number of amides is 2. The first-order chi connectivity index (χ1) is 17.8. The van der Waals surface area contributed by atoms with Crippen molar-refractivity contribution in [1.29, 1.82) is 0 Å². The number of ether oxygens (including phenoxy) is 2. The van der Waals surface area contributed by atoms with Gasteiger partial charge >= 0.3 is 12.2 Å². The highest BCUT2D eigenvalue weighted by molar-refractivity contribution is 5.98. The molecule has 0 heterocycles. The minimum atomic E-state index is -0.817. The number of nitrogens with zero attached hydrogens (tertiary/aromatic N) is 2. The van der Waals surface area contributed by atoms with E-state index < -0.39 is 23.4 Å². The molecule has 0 bridgehead atoms. The van der Waals surface area contributed by atoms with Gasteiger partial charge in [-0.05, 0) is 94.9 Å². The molecule has 39 heavy (non-hydrogen) atoms. The number of alkyl carbamates (subject to hydrolysis) is 1. The van der Waals surface area contributed by atoms with Gasteiger partial charge in [0.1, 0.15) is 11.2 Å². The lowest BCUT2D eigenvalue weighted by Crippen LogP contribution is -2.44. The van der Waals surface area contributed by atoms with Gasteiger partial charge in [-0.1, -0.05) is 57.2 Å². The van der Waals surface area contributed by atoms with E-state index in [0.29, 0.717) is 6.54 Å². The van der Waals surface area contributed by atoms with E-state index in [4.69, 9.17) is 9.47 Å². The Balaban J connectivity index is 2.38. The van der Waals surface area contributed by atoms with Crippen molar-refractivity contribution in [3.8, 4) is 11.1 Å². The molecule has 0 fully saturated rings. The molecule has 0 spiro atoms. The maximum atomic E-state index is 12.5. The van der Waals surface area contributed by atoms with Gasteiger partial charge in [0.2, 0.25) is 5.96 Å². The number of carbonyl (C=O) groups is 2. The Bertz CT molecular complexity index is 1170. The Kier molecular flexibility index (Phi) is 10.3. The Hall–Kier alpha value is -3.39. The fourth-order valence-electron chi connectivity index (χ4n) is 3.69. The van der Waals surface area contributed by atoms with Gasteiger partial charge in [-0.2, -0.15) is 0 Å². The molecule has 0 atom stereocenters. The molecule has 0 radical (unpaired) electrons. The molecule has 0 unspecified atom stereocenters. The van der Waals surface area contributed by atoms with E-state index in [2.05, 4.69) is 83.8 Å². The van der Waals surface area contributed by atoms with E-state index in [0.717, 1.165) is 28.8 Å². The molecule has 0 aliphatic carbocycles. The number of hydrogen-bond acceptors (Lipinski definition) is 5. The van der Waals surface area contributed by atoms with Crippen LogP contribution in [0.25, 0.3) is 11.1 Å². The monoisotopic (exact) mass is 538 g/mol. The summed E-state index contributed by atoms with van der Waals surface area (Å²) < 4.78 is 10.7. The zero-order valence-corrected chi connectivity index (χ0v) is 25.5. The number of carbonyl (C=O) groups excluding carboxylic acids is 2. The zero-order valence-electron chi connectivity index (χ0n) is 25.5. The number of benzene rings is 2. The van der Waals surface area contributed by atoms with E-state index in [1.165, 1.54) is 5.56 Å². The lowest BCUT2D eigenvalue weighted by Gasteiger charge is -2.22. The molecule has 214 valence electrons. The quantitative estimate of drug-likeness (QED) is 0.328. The second kappa shape index (κ2) is 12.6. The fraction of sp³-hybridized carbons (Fsp3) is 0.516. The van der Waals surface area contributed by atoms with Crippen molar-refractivity contribution >= 4 is 18.1 Å². The number of nitrogens with one attached hydrogen (secondary N) is 2. The molecule has 2 amide bonds. The van der Waals surface area contributed by atoms with Crippen LogP contribution in [-0.4, -0.2) is 48.3 Å². The summed E-state index contributed by atoms with van der Waals surface area (Å²) in [7, 11) is 4.02. The van der Waals surface area contributed by atoms with Crippen molar-refractivity contribution < 1.29 is 19.1 Å². The third-order valence-electron chi connectivity index (χ3n) is 5.44. The average molecular weight is 539 g/mol. The van der Waals surface area contributed by atoms with Gasteiger partial charge in [-0.15, -0.1) is 4.99 Å². The molecular formula is C31H46N4O4. The number of hydrogen-bond donors (Lipinski definition) is 2. The van der Waals surface area contributed by atoms with E-state index in [9.17, 15) is 9.59 Å². The molecule has 2 N–H and O–H groups in total. The molecular weight excluding hydrogens is 492 g/mol. The Labute approximate surface area is 234 Å². The molecule has 2 rings (SSSR count). The highest BCUT2D eigenvalue weighted by Gasteiger charge is 2.21. The topological polar surface area (TPSA) is 92.3 Å². The van der Waals surface area contributed by atoms with Gasteiger partial charge in [0.15, 0.2) is 0 Å². The summed E-state index contributed by atoms with van der Waals surface area (Å²) in [6.45, 7) is 18.2. The second-order valence-corrected chi connectivity index (χ2v) is 13.0. The van der Waals surface area contributed by atoms with Crippen LogP contribution in [0.2, 0.25) is 0 Å². The van der Waals surface area contributed by atoms with Crippen LogP contribution in [0.15, 0.2) is 47.5 Å². The predicted octanol–water partition coefficient (Wildman–Crippen LogP) is 6.62. The third-order valence-corrected chi connectivity index (χ3v) is 5.44. The first-order valence-corrected chi connectivity index (χ1v) is 13.3. The number of aliphatic imine (C=N–C) groups is 1. The minimum Gasteiger partial charge on any atom is -0.444 e. The highest BCUT2D eigenvalue weighted by Crippen LogP contribution is 2.28. The summed E-state index contributed by atoms with van der Waals surface area (Å²) >= 11 is 0. The van der Waals surface area contributed by atoms with Crippen LogP contribution in [0.4, 0.5) is 9.59 Å². The fourth-order valence-corrected chi connectivity index (χ4v) is 3.69. The van der Waals surface area contributed by atoms with Crippen molar-refractivity contribution in [2.75, 3.05) is 14.1 Å². The van der Waals surface area contributed by atoms with Crippen LogP contribution in [0.3, 0.4) is 0 Å². The van der Waals surface area contributed by atoms with Gasteiger partial charge in [-0.3, -0.25) is 5.32 Å². The third kappa shape index (κ3) is 11.5. The summed E-state index contributed by atoms with van der Waals surface area (Å²) in [5, 5.41) is 5.66. The summed E-state index contributed by atoms with van der Waals surface area (Å²) in [4.78, 5) is 31.0.